The zero-order valence-corrected chi connectivity index (χ0v) is 12.8. The molecule has 0 bridgehead atoms. The first-order chi connectivity index (χ1) is 10.4. The molecule has 0 radical (unpaired) electrons. The predicted octanol–water partition coefficient (Wildman–Crippen LogP) is 4.31. The van der Waals surface area contributed by atoms with E-state index in [0.717, 1.165) is 25.7 Å². The molecule has 1 heterocycles. The van der Waals surface area contributed by atoms with E-state index in [-0.39, 0.29) is 0 Å². The normalized spacial score (nSPS) is 18.0. The van der Waals surface area contributed by atoms with E-state index in [1.807, 2.05) is 0 Å². The van der Waals surface area contributed by atoms with Gasteiger partial charge in [-0.25, -0.2) is 0 Å². The van der Waals surface area contributed by atoms with Crippen LogP contribution in [0.2, 0.25) is 0 Å². The van der Waals surface area contributed by atoms with Crippen LogP contribution in [0.25, 0.3) is 10.8 Å². The van der Waals surface area contributed by atoms with Crippen molar-refractivity contribution in [3.8, 4) is 0 Å². The van der Waals surface area contributed by atoms with Crippen LogP contribution in [0.3, 0.4) is 0 Å². The Morgan fingerprint density at radius 2 is 1.86 bits per heavy atom. The molecule has 1 atom stereocenters. The summed E-state index contributed by atoms with van der Waals surface area (Å²) >= 11 is 0. The molecule has 2 nitrogen and oxygen atoms in total. The Kier molecular flexibility index (Phi) is 4.89. The van der Waals surface area contributed by atoms with Crippen LogP contribution >= 0.6 is 0 Å². The van der Waals surface area contributed by atoms with Crippen molar-refractivity contribution in [2.45, 2.75) is 32.2 Å². The fourth-order valence-electron chi connectivity index (χ4n) is 3.44. The molecule has 21 heavy (non-hydrogen) atoms. The van der Waals surface area contributed by atoms with Crippen LogP contribution in [0.15, 0.2) is 42.5 Å². The van der Waals surface area contributed by atoms with E-state index in [1.165, 1.54) is 35.6 Å². The zero-order chi connectivity index (χ0) is 14.5. The molecule has 3 rings (SSSR count). The lowest BCUT2D eigenvalue weighted by Gasteiger charge is -2.28. The van der Waals surface area contributed by atoms with E-state index in [0.29, 0.717) is 6.04 Å². The third kappa shape index (κ3) is 3.45. The van der Waals surface area contributed by atoms with Crippen molar-refractivity contribution < 1.29 is 4.74 Å². The Bertz CT molecular complexity index is 569. The second-order valence-electron chi connectivity index (χ2n) is 5.97. The largest absolute Gasteiger partial charge is 0.381 e. The molecule has 112 valence electrons. The lowest BCUT2D eigenvalue weighted by Crippen LogP contribution is -2.26. The average Bonchev–Trinajstić information content (AvgIpc) is 2.55. The van der Waals surface area contributed by atoms with Crippen molar-refractivity contribution in [3.05, 3.63) is 48.0 Å². The summed E-state index contributed by atoms with van der Waals surface area (Å²) in [7, 11) is 0. The maximum Gasteiger partial charge on any atom is 0.0468 e. The Hall–Kier alpha value is -1.38. The standard InChI is InChI=1S/C19H25NO/c1-2-20-19(14-15-10-12-21-13-11-15)18-9-5-7-16-6-3-4-8-17(16)18/h3-9,15,19-20H,2,10-14H2,1H3. The summed E-state index contributed by atoms with van der Waals surface area (Å²) in [5.74, 6) is 0.779. The first kappa shape index (κ1) is 14.6. The Morgan fingerprint density at radius 3 is 2.67 bits per heavy atom. The highest BCUT2D eigenvalue weighted by Crippen LogP contribution is 2.31. The molecule has 2 heteroatoms. The number of ether oxygens (including phenoxy) is 1. The Balaban J connectivity index is 1.87. The second kappa shape index (κ2) is 7.06. The van der Waals surface area contributed by atoms with Gasteiger partial charge in [0.15, 0.2) is 0 Å². The quantitative estimate of drug-likeness (QED) is 0.883. The number of hydrogen-bond donors (Lipinski definition) is 1. The van der Waals surface area contributed by atoms with Crippen molar-refractivity contribution in [2.24, 2.45) is 5.92 Å². The fourth-order valence-corrected chi connectivity index (χ4v) is 3.44. The molecule has 2 aromatic carbocycles. The molecular formula is C19H25NO. The van der Waals surface area contributed by atoms with Crippen LogP contribution < -0.4 is 5.32 Å². The number of fused-ring (bicyclic) bond motifs is 1. The zero-order valence-electron chi connectivity index (χ0n) is 12.8. The molecule has 0 amide bonds. The Labute approximate surface area is 127 Å². The molecule has 1 saturated heterocycles. The molecular weight excluding hydrogens is 258 g/mol. The molecule has 2 aromatic rings. The summed E-state index contributed by atoms with van der Waals surface area (Å²) in [6, 6.07) is 15.8. The highest BCUT2D eigenvalue weighted by atomic mass is 16.5. The maximum absolute atomic E-state index is 5.50. The van der Waals surface area contributed by atoms with Crippen molar-refractivity contribution in [1.82, 2.24) is 5.32 Å². The van der Waals surface area contributed by atoms with Gasteiger partial charge in [-0.05, 0) is 48.1 Å². The lowest BCUT2D eigenvalue weighted by molar-refractivity contribution is 0.0606. The minimum atomic E-state index is 0.448. The van der Waals surface area contributed by atoms with Crippen LogP contribution in [-0.4, -0.2) is 19.8 Å². The minimum absolute atomic E-state index is 0.448. The van der Waals surface area contributed by atoms with Crippen molar-refractivity contribution in [1.29, 1.82) is 0 Å². The van der Waals surface area contributed by atoms with E-state index in [9.17, 15) is 0 Å². The minimum Gasteiger partial charge on any atom is -0.381 e. The number of hydrogen-bond acceptors (Lipinski definition) is 2. The van der Waals surface area contributed by atoms with E-state index < -0.39 is 0 Å². The van der Waals surface area contributed by atoms with Gasteiger partial charge < -0.3 is 10.1 Å². The van der Waals surface area contributed by atoms with Gasteiger partial charge in [0, 0.05) is 19.3 Å². The highest BCUT2D eigenvalue weighted by molar-refractivity contribution is 5.86. The molecule has 1 aliphatic rings. The van der Waals surface area contributed by atoms with Gasteiger partial charge in [-0.15, -0.1) is 0 Å². The van der Waals surface area contributed by atoms with Crippen LogP contribution in [0, 0.1) is 5.92 Å². The van der Waals surface area contributed by atoms with Crippen LogP contribution in [0.5, 0.6) is 0 Å². The van der Waals surface area contributed by atoms with Gasteiger partial charge in [-0.1, -0.05) is 49.4 Å². The third-order valence-electron chi connectivity index (χ3n) is 4.56. The first-order valence-electron chi connectivity index (χ1n) is 8.17. The molecule has 0 saturated carbocycles. The lowest BCUT2D eigenvalue weighted by atomic mass is 9.87. The van der Waals surface area contributed by atoms with Crippen LogP contribution in [0.4, 0.5) is 0 Å². The Morgan fingerprint density at radius 1 is 1.10 bits per heavy atom. The number of rotatable bonds is 5. The predicted molar refractivity (Wildman–Crippen MR) is 88.5 cm³/mol. The summed E-state index contributed by atoms with van der Waals surface area (Å²) < 4.78 is 5.50. The van der Waals surface area contributed by atoms with E-state index >= 15 is 0 Å². The molecule has 0 aromatic heterocycles. The first-order valence-corrected chi connectivity index (χ1v) is 8.17. The van der Waals surface area contributed by atoms with E-state index in [4.69, 9.17) is 4.74 Å². The summed E-state index contributed by atoms with van der Waals surface area (Å²) in [5.41, 5.74) is 1.45. The molecule has 1 unspecified atom stereocenters. The monoisotopic (exact) mass is 283 g/mol. The molecule has 1 aliphatic heterocycles. The van der Waals surface area contributed by atoms with E-state index in [1.54, 1.807) is 0 Å². The fraction of sp³-hybridized carbons (Fsp3) is 0.474. The smallest absolute Gasteiger partial charge is 0.0468 e. The number of benzene rings is 2. The summed E-state index contributed by atoms with van der Waals surface area (Å²) in [6.07, 6.45) is 3.62. The summed E-state index contributed by atoms with van der Waals surface area (Å²) in [4.78, 5) is 0. The van der Waals surface area contributed by atoms with Gasteiger partial charge in [0.25, 0.3) is 0 Å². The molecule has 0 aliphatic carbocycles. The molecule has 1 fully saturated rings. The van der Waals surface area contributed by atoms with Gasteiger partial charge in [-0.2, -0.15) is 0 Å². The van der Waals surface area contributed by atoms with Crippen LogP contribution in [0.1, 0.15) is 37.8 Å². The highest BCUT2D eigenvalue weighted by Gasteiger charge is 2.21. The SMILES string of the molecule is CCNC(CC1CCOCC1)c1cccc2ccccc12. The summed E-state index contributed by atoms with van der Waals surface area (Å²) in [6.45, 7) is 5.07. The van der Waals surface area contributed by atoms with Gasteiger partial charge in [0.2, 0.25) is 0 Å². The number of nitrogens with one attached hydrogen (secondary N) is 1. The van der Waals surface area contributed by atoms with Crippen LogP contribution in [-0.2, 0) is 4.74 Å². The van der Waals surface area contributed by atoms with E-state index in [2.05, 4.69) is 54.7 Å². The maximum atomic E-state index is 5.50. The summed E-state index contributed by atoms with van der Waals surface area (Å²) in [5, 5.41) is 6.42. The van der Waals surface area contributed by atoms with Gasteiger partial charge >= 0.3 is 0 Å². The molecule has 0 spiro atoms. The van der Waals surface area contributed by atoms with Gasteiger partial charge in [-0.3, -0.25) is 0 Å². The van der Waals surface area contributed by atoms with Crippen molar-refractivity contribution in [3.63, 3.8) is 0 Å². The average molecular weight is 283 g/mol. The molecule has 1 N–H and O–H groups in total. The topological polar surface area (TPSA) is 21.3 Å². The van der Waals surface area contributed by atoms with Crippen molar-refractivity contribution >= 4 is 10.8 Å². The third-order valence-corrected chi connectivity index (χ3v) is 4.56. The van der Waals surface area contributed by atoms with Gasteiger partial charge in [0.05, 0.1) is 0 Å². The van der Waals surface area contributed by atoms with Gasteiger partial charge in [0.1, 0.15) is 0 Å². The second-order valence-corrected chi connectivity index (χ2v) is 5.97. The van der Waals surface area contributed by atoms with Crippen molar-refractivity contribution in [2.75, 3.05) is 19.8 Å².